The molecule has 1 aliphatic rings. The molecule has 21 heavy (non-hydrogen) atoms. The first-order valence-electron chi connectivity index (χ1n) is 7.71. The second-order valence-electron chi connectivity index (χ2n) is 7.29. The van der Waals surface area contributed by atoms with Gasteiger partial charge in [-0.2, -0.15) is 0 Å². The van der Waals surface area contributed by atoms with Gasteiger partial charge < -0.3 is 14.8 Å². The number of aliphatic hydroxyl groups is 1. The molecule has 1 saturated carbocycles. The van der Waals surface area contributed by atoms with E-state index < -0.39 is 5.60 Å². The number of carbonyl (C=O) groups excluding carboxylic acids is 1. The largest absolute Gasteiger partial charge is 0.466 e. The van der Waals surface area contributed by atoms with Gasteiger partial charge in [-0.05, 0) is 51.9 Å². The van der Waals surface area contributed by atoms with E-state index in [1.165, 1.54) is 0 Å². The van der Waals surface area contributed by atoms with E-state index in [1.807, 2.05) is 13.8 Å². The van der Waals surface area contributed by atoms with Crippen molar-refractivity contribution in [3.63, 3.8) is 0 Å². The molecule has 4 nitrogen and oxygen atoms in total. The summed E-state index contributed by atoms with van der Waals surface area (Å²) in [6, 6.07) is 0. The topological polar surface area (TPSA) is 62.5 Å². The summed E-state index contributed by atoms with van der Waals surface area (Å²) >= 11 is 0. The Hall–Kier alpha value is -1.29. The van der Waals surface area contributed by atoms with Gasteiger partial charge in [0, 0.05) is 12.1 Å². The SMILES string of the molecule is Cc1oc(C)c(C(=O)NCC2(O)CCC(C)(C)CC2)c1C. The minimum absolute atomic E-state index is 0.153. The lowest BCUT2D eigenvalue weighted by Crippen LogP contribution is -2.46. The van der Waals surface area contributed by atoms with Crippen molar-refractivity contribution in [3.05, 3.63) is 22.6 Å². The third kappa shape index (κ3) is 3.49. The van der Waals surface area contributed by atoms with Gasteiger partial charge in [0.2, 0.25) is 0 Å². The van der Waals surface area contributed by atoms with Crippen LogP contribution in [0.3, 0.4) is 0 Å². The number of rotatable bonds is 3. The Labute approximate surface area is 126 Å². The first kappa shape index (κ1) is 16.1. The van der Waals surface area contributed by atoms with E-state index in [0.717, 1.165) is 37.0 Å². The molecule has 0 unspecified atom stereocenters. The van der Waals surface area contributed by atoms with Crippen LogP contribution in [0.1, 0.15) is 67.0 Å². The van der Waals surface area contributed by atoms with Gasteiger partial charge in [-0.15, -0.1) is 0 Å². The highest BCUT2D eigenvalue weighted by Gasteiger charge is 2.37. The van der Waals surface area contributed by atoms with Crippen LogP contribution in [0.2, 0.25) is 0 Å². The molecule has 0 atom stereocenters. The summed E-state index contributed by atoms with van der Waals surface area (Å²) in [5.74, 6) is 1.26. The quantitative estimate of drug-likeness (QED) is 0.899. The highest BCUT2D eigenvalue weighted by Crippen LogP contribution is 2.39. The van der Waals surface area contributed by atoms with Gasteiger partial charge in [0.15, 0.2) is 0 Å². The molecule has 1 amide bonds. The molecule has 0 aliphatic heterocycles. The van der Waals surface area contributed by atoms with Crippen molar-refractivity contribution in [2.45, 2.75) is 65.9 Å². The maximum atomic E-state index is 12.3. The van der Waals surface area contributed by atoms with Crippen LogP contribution >= 0.6 is 0 Å². The molecule has 0 spiro atoms. The molecule has 2 N–H and O–H groups in total. The summed E-state index contributed by atoms with van der Waals surface area (Å²) in [6.45, 7) is 10.3. The predicted octanol–water partition coefficient (Wildman–Crippen LogP) is 3.27. The van der Waals surface area contributed by atoms with E-state index in [-0.39, 0.29) is 5.91 Å². The first-order chi connectivity index (χ1) is 9.64. The normalized spacial score (nSPS) is 20.3. The summed E-state index contributed by atoms with van der Waals surface area (Å²) in [5, 5.41) is 13.5. The lowest BCUT2D eigenvalue weighted by atomic mass is 9.71. The van der Waals surface area contributed by atoms with Crippen molar-refractivity contribution >= 4 is 5.91 Å². The second kappa shape index (κ2) is 5.48. The second-order valence-corrected chi connectivity index (χ2v) is 7.29. The Morgan fingerprint density at radius 3 is 2.19 bits per heavy atom. The van der Waals surface area contributed by atoms with Crippen LogP contribution in [0.25, 0.3) is 0 Å². The summed E-state index contributed by atoms with van der Waals surface area (Å²) in [4.78, 5) is 12.3. The molecular weight excluding hydrogens is 266 g/mol. The highest BCUT2D eigenvalue weighted by atomic mass is 16.3. The molecule has 0 saturated heterocycles. The third-order valence-corrected chi connectivity index (χ3v) is 4.90. The minimum Gasteiger partial charge on any atom is -0.466 e. The summed E-state index contributed by atoms with van der Waals surface area (Å²) in [7, 11) is 0. The Balaban J connectivity index is 1.98. The lowest BCUT2D eigenvalue weighted by molar-refractivity contribution is -0.0233. The van der Waals surface area contributed by atoms with Gasteiger partial charge in [-0.25, -0.2) is 0 Å². The van der Waals surface area contributed by atoms with Gasteiger partial charge in [0.1, 0.15) is 11.5 Å². The fourth-order valence-electron chi connectivity index (χ4n) is 3.03. The molecule has 1 fully saturated rings. The summed E-state index contributed by atoms with van der Waals surface area (Å²) < 4.78 is 5.49. The lowest BCUT2D eigenvalue weighted by Gasteiger charge is -2.40. The van der Waals surface area contributed by atoms with E-state index in [0.29, 0.717) is 23.3 Å². The van der Waals surface area contributed by atoms with Crippen LogP contribution in [0.15, 0.2) is 4.42 Å². The van der Waals surface area contributed by atoms with Crippen LogP contribution < -0.4 is 5.32 Å². The van der Waals surface area contributed by atoms with Gasteiger partial charge in [-0.1, -0.05) is 13.8 Å². The van der Waals surface area contributed by atoms with Crippen LogP contribution in [0, 0.1) is 26.2 Å². The van der Waals surface area contributed by atoms with Crippen molar-refractivity contribution in [2.75, 3.05) is 6.54 Å². The standard InChI is InChI=1S/C17H27NO3/c1-11-12(2)21-13(3)14(11)15(19)18-10-17(20)8-6-16(4,5)7-9-17/h20H,6-10H2,1-5H3,(H,18,19). The van der Waals surface area contributed by atoms with E-state index in [9.17, 15) is 9.90 Å². The third-order valence-electron chi connectivity index (χ3n) is 4.90. The Morgan fingerprint density at radius 1 is 1.14 bits per heavy atom. The molecule has 1 aromatic rings. The molecule has 1 heterocycles. The minimum atomic E-state index is -0.772. The van der Waals surface area contributed by atoms with Crippen molar-refractivity contribution < 1.29 is 14.3 Å². The van der Waals surface area contributed by atoms with Gasteiger partial charge in [0.25, 0.3) is 5.91 Å². The zero-order chi connectivity index (χ0) is 15.8. The molecule has 1 aromatic heterocycles. The zero-order valence-electron chi connectivity index (χ0n) is 13.8. The number of furan rings is 1. The number of hydrogen-bond donors (Lipinski definition) is 2. The molecule has 0 bridgehead atoms. The smallest absolute Gasteiger partial charge is 0.255 e. The number of carbonyl (C=O) groups is 1. The number of hydrogen-bond acceptors (Lipinski definition) is 3. The summed E-state index contributed by atoms with van der Waals surface area (Å²) in [6.07, 6.45) is 3.45. The average Bonchev–Trinajstić information content (AvgIpc) is 2.65. The Bertz CT molecular complexity index is 532. The van der Waals surface area contributed by atoms with Gasteiger partial charge in [0.05, 0.1) is 11.2 Å². The Kier molecular flexibility index (Phi) is 4.20. The molecule has 118 valence electrons. The fourth-order valence-corrected chi connectivity index (χ4v) is 3.03. The van der Waals surface area contributed by atoms with Crippen LogP contribution in [-0.2, 0) is 0 Å². The molecule has 0 radical (unpaired) electrons. The summed E-state index contributed by atoms with van der Waals surface area (Å²) in [5.41, 5.74) is 1.01. The number of aryl methyl sites for hydroxylation is 2. The van der Waals surface area contributed by atoms with Crippen molar-refractivity contribution in [1.29, 1.82) is 0 Å². The number of nitrogens with one attached hydrogen (secondary N) is 1. The van der Waals surface area contributed by atoms with E-state index in [4.69, 9.17) is 4.42 Å². The average molecular weight is 293 g/mol. The van der Waals surface area contributed by atoms with Crippen LogP contribution in [0.5, 0.6) is 0 Å². The van der Waals surface area contributed by atoms with Gasteiger partial charge >= 0.3 is 0 Å². The number of amides is 1. The zero-order valence-corrected chi connectivity index (χ0v) is 13.8. The molecular formula is C17H27NO3. The fraction of sp³-hybridized carbons (Fsp3) is 0.706. The van der Waals surface area contributed by atoms with E-state index in [1.54, 1.807) is 6.92 Å². The molecule has 2 rings (SSSR count). The van der Waals surface area contributed by atoms with Crippen molar-refractivity contribution in [2.24, 2.45) is 5.41 Å². The van der Waals surface area contributed by atoms with Crippen molar-refractivity contribution in [1.82, 2.24) is 5.32 Å². The van der Waals surface area contributed by atoms with E-state index >= 15 is 0 Å². The van der Waals surface area contributed by atoms with Crippen molar-refractivity contribution in [3.8, 4) is 0 Å². The monoisotopic (exact) mass is 293 g/mol. The molecule has 4 heteroatoms. The van der Waals surface area contributed by atoms with E-state index in [2.05, 4.69) is 19.2 Å². The maximum Gasteiger partial charge on any atom is 0.255 e. The first-order valence-corrected chi connectivity index (χ1v) is 7.71. The predicted molar refractivity (Wildman–Crippen MR) is 82.5 cm³/mol. The maximum absolute atomic E-state index is 12.3. The van der Waals surface area contributed by atoms with Gasteiger partial charge in [-0.3, -0.25) is 4.79 Å². The van der Waals surface area contributed by atoms with Crippen LogP contribution in [-0.4, -0.2) is 23.2 Å². The molecule has 0 aromatic carbocycles. The van der Waals surface area contributed by atoms with Crippen LogP contribution in [0.4, 0.5) is 0 Å². The highest BCUT2D eigenvalue weighted by molar-refractivity contribution is 5.96. The molecule has 1 aliphatic carbocycles. The Morgan fingerprint density at radius 2 is 1.71 bits per heavy atom.